The summed E-state index contributed by atoms with van der Waals surface area (Å²) >= 11 is 0. The van der Waals surface area contributed by atoms with Gasteiger partial charge in [0.25, 0.3) is 5.91 Å². The van der Waals surface area contributed by atoms with Gasteiger partial charge in [-0.25, -0.2) is 0 Å². The standard InChI is InChI=1S/C21H19NO3/c1-14-8-10-19-18(12-14)17(13-21(24)25)15(2)22(19)20(23)11-9-16-6-4-3-5-7-16/h3-12H,13H2,1-2H3,(H,24,25). The maximum absolute atomic E-state index is 12.8. The van der Waals surface area contributed by atoms with E-state index < -0.39 is 5.97 Å². The Hall–Kier alpha value is -3.14. The van der Waals surface area contributed by atoms with E-state index >= 15 is 0 Å². The molecular weight excluding hydrogens is 314 g/mol. The fourth-order valence-electron chi connectivity index (χ4n) is 3.06. The van der Waals surface area contributed by atoms with Gasteiger partial charge in [0.15, 0.2) is 0 Å². The first-order chi connectivity index (χ1) is 12.0. The Balaban J connectivity index is 2.09. The van der Waals surface area contributed by atoms with Gasteiger partial charge in [0, 0.05) is 17.2 Å². The van der Waals surface area contributed by atoms with Gasteiger partial charge in [-0.3, -0.25) is 14.2 Å². The van der Waals surface area contributed by atoms with Crippen molar-refractivity contribution in [1.82, 2.24) is 4.57 Å². The Morgan fingerprint density at radius 1 is 1.08 bits per heavy atom. The van der Waals surface area contributed by atoms with Crippen molar-refractivity contribution in [2.75, 3.05) is 0 Å². The second-order valence-electron chi connectivity index (χ2n) is 6.07. The monoisotopic (exact) mass is 333 g/mol. The Morgan fingerprint density at radius 3 is 2.48 bits per heavy atom. The van der Waals surface area contributed by atoms with Crippen LogP contribution in [0.25, 0.3) is 17.0 Å². The summed E-state index contributed by atoms with van der Waals surface area (Å²) in [6, 6.07) is 15.3. The molecule has 1 aromatic heterocycles. The van der Waals surface area contributed by atoms with E-state index in [9.17, 15) is 14.7 Å². The fourth-order valence-corrected chi connectivity index (χ4v) is 3.06. The smallest absolute Gasteiger partial charge is 0.307 e. The number of aryl methyl sites for hydroxylation is 1. The highest BCUT2D eigenvalue weighted by Crippen LogP contribution is 2.27. The van der Waals surface area contributed by atoms with Crippen LogP contribution in [-0.2, 0) is 11.2 Å². The molecule has 1 N–H and O–H groups in total. The third-order valence-corrected chi connectivity index (χ3v) is 4.26. The third-order valence-electron chi connectivity index (χ3n) is 4.26. The fraction of sp³-hybridized carbons (Fsp3) is 0.143. The maximum Gasteiger partial charge on any atom is 0.307 e. The number of allylic oxidation sites excluding steroid dienone is 1. The number of hydrogen-bond donors (Lipinski definition) is 1. The number of nitrogens with zero attached hydrogens (tertiary/aromatic N) is 1. The van der Waals surface area contributed by atoms with Gasteiger partial charge in [-0.15, -0.1) is 0 Å². The van der Waals surface area contributed by atoms with Gasteiger partial charge in [0.1, 0.15) is 0 Å². The second-order valence-corrected chi connectivity index (χ2v) is 6.07. The molecule has 0 saturated carbocycles. The van der Waals surface area contributed by atoms with Gasteiger partial charge in [-0.2, -0.15) is 0 Å². The van der Waals surface area contributed by atoms with Crippen LogP contribution in [0.4, 0.5) is 0 Å². The van der Waals surface area contributed by atoms with Crippen LogP contribution >= 0.6 is 0 Å². The Labute approximate surface area is 146 Å². The van der Waals surface area contributed by atoms with Crippen molar-refractivity contribution < 1.29 is 14.7 Å². The highest BCUT2D eigenvalue weighted by Gasteiger charge is 2.19. The van der Waals surface area contributed by atoms with E-state index in [1.54, 1.807) is 17.6 Å². The minimum atomic E-state index is -0.907. The minimum absolute atomic E-state index is 0.103. The first kappa shape index (κ1) is 16.7. The van der Waals surface area contributed by atoms with Gasteiger partial charge >= 0.3 is 5.97 Å². The molecule has 25 heavy (non-hydrogen) atoms. The van der Waals surface area contributed by atoms with E-state index in [-0.39, 0.29) is 12.3 Å². The number of carboxylic acid groups (broad SMARTS) is 1. The second kappa shape index (κ2) is 6.77. The highest BCUT2D eigenvalue weighted by molar-refractivity contribution is 6.03. The van der Waals surface area contributed by atoms with Gasteiger partial charge in [-0.1, -0.05) is 42.0 Å². The summed E-state index contributed by atoms with van der Waals surface area (Å²) < 4.78 is 1.59. The number of rotatable bonds is 4. The minimum Gasteiger partial charge on any atom is -0.481 e. The summed E-state index contributed by atoms with van der Waals surface area (Å²) in [6.07, 6.45) is 3.18. The zero-order valence-corrected chi connectivity index (χ0v) is 14.2. The first-order valence-corrected chi connectivity index (χ1v) is 8.07. The largest absolute Gasteiger partial charge is 0.481 e. The summed E-state index contributed by atoms with van der Waals surface area (Å²) in [5, 5.41) is 10.0. The lowest BCUT2D eigenvalue weighted by molar-refractivity contribution is -0.136. The molecule has 0 aliphatic carbocycles. The predicted molar refractivity (Wildman–Crippen MR) is 98.9 cm³/mol. The van der Waals surface area contributed by atoms with E-state index in [2.05, 4.69) is 0 Å². The molecule has 0 fully saturated rings. The van der Waals surface area contributed by atoms with Crippen LogP contribution < -0.4 is 0 Å². The van der Waals surface area contributed by atoms with E-state index in [0.29, 0.717) is 11.3 Å². The van der Waals surface area contributed by atoms with E-state index in [0.717, 1.165) is 22.0 Å². The summed E-state index contributed by atoms with van der Waals surface area (Å²) in [4.78, 5) is 24.0. The summed E-state index contributed by atoms with van der Waals surface area (Å²) in [5.74, 6) is -1.09. The number of carbonyl (C=O) groups excluding carboxylic acids is 1. The van der Waals surface area contributed by atoms with Crippen molar-refractivity contribution in [2.45, 2.75) is 20.3 Å². The average molecular weight is 333 g/mol. The average Bonchev–Trinajstić information content (AvgIpc) is 2.85. The molecule has 0 radical (unpaired) electrons. The zero-order valence-electron chi connectivity index (χ0n) is 14.2. The molecule has 0 amide bonds. The normalized spacial score (nSPS) is 11.3. The molecule has 0 aliphatic rings. The number of benzene rings is 2. The number of hydrogen-bond acceptors (Lipinski definition) is 2. The Morgan fingerprint density at radius 2 is 1.80 bits per heavy atom. The number of aromatic nitrogens is 1. The number of carbonyl (C=O) groups is 2. The van der Waals surface area contributed by atoms with Crippen LogP contribution in [0.3, 0.4) is 0 Å². The number of fused-ring (bicyclic) bond motifs is 1. The van der Waals surface area contributed by atoms with Crippen LogP contribution in [0, 0.1) is 13.8 Å². The molecule has 4 nitrogen and oxygen atoms in total. The van der Waals surface area contributed by atoms with Crippen LogP contribution in [0.1, 0.15) is 27.2 Å². The van der Waals surface area contributed by atoms with Crippen molar-refractivity contribution in [3.8, 4) is 0 Å². The molecule has 4 heteroatoms. The molecule has 3 rings (SSSR count). The zero-order chi connectivity index (χ0) is 18.0. The van der Waals surface area contributed by atoms with Crippen molar-refractivity contribution in [3.63, 3.8) is 0 Å². The van der Waals surface area contributed by atoms with Crippen molar-refractivity contribution >= 4 is 28.9 Å². The molecule has 126 valence electrons. The van der Waals surface area contributed by atoms with Crippen LogP contribution in [0.15, 0.2) is 54.6 Å². The van der Waals surface area contributed by atoms with Crippen molar-refractivity contribution in [1.29, 1.82) is 0 Å². The summed E-state index contributed by atoms with van der Waals surface area (Å²) in [7, 11) is 0. The quantitative estimate of drug-likeness (QED) is 0.727. The number of carboxylic acids is 1. The van der Waals surface area contributed by atoms with Gasteiger partial charge in [0.05, 0.1) is 11.9 Å². The first-order valence-electron chi connectivity index (χ1n) is 8.07. The van der Waals surface area contributed by atoms with E-state index in [1.807, 2.05) is 55.5 Å². The van der Waals surface area contributed by atoms with Crippen molar-refractivity contribution in [2.24, 2.45) is 0 Å². The van der Waals surface area contributed by atoms with Crippen LogP contribution in [0.2, 0.25) is 0 Å². The molecule has 0 spiro atoms. The van der Waals surface area contributed by atoms with Crippen LogP contribution in [-0.4, -0.2) is 21.6 Å². The molecule has 0 saturated heterocycles. The number of aliphatic carboxylic acids is 1. The maximum atomic E-state index is 12.8. The highest BCUT2D eigenvalue weighted by atomic mass is 16.4. The molecule has 2 aromatic carbocycles. The summed E-state index contributed by atoms with van der Waals surface area (Å²) in [5.41, 5.74) is 4.07. The molecule has 0 atom stereocenters. The van der Waals surface area contributed by atoms with E-state index in [1.165, 1.54) is 6.08 Å². The third kappa shape index (κ3) is 3.38. The van der Waals surface area contributed by atoms with Gasteiger partial charge in [-0.05, 0) is 43.2 Å². The van der Waals surface area contributed by atoms with Crippen molar-refractivity contribution in [3.05, 3.63) is 77.0 Å². The molecule has 3 aromatic rings. The lowest BCUT2D eigenvalue weighted by Gasteiger charge is -2.04. The molecular formula is C21H19NO3. The van der Waals surface area contributed by atoms with Gasteiger partial charge < -0.3 is 5.11 Å². The topological polar surface area (TPSA) is 59.3 Å². The Bertz CT molecular complexity index is 981. The lowest BCUT2D eigenvalue weighted by Crippen LogP contribution is -2.10. The SMILES string of the molecule is Cc1ccc2c(c1)c(CC(=O)O)c(C)n2C(=O)C=Cc1ccccc1. The molecule has 0 bridgehead atoms. The van der Waals surface area contributed by atoms with Gasteiger partial charge in [0.2, 0.25) is 0 Å². The van der Waals surface area contributed by atoms with Crippen LogP contribution in [0.5, 0.6) is 0 Å². The molecule has 0 aliphatic heterocycles. The summed E-state index contributed by atoms with van der Waals surface area (Å²) in [6.45, 7) is 3.75. The lowest BCUT2D eigenvalue weighted by atomic mass is 10.1. The Kier molecular flexibility index (Phi) is 4.52. The molecule has 1 heterocycles. The van der Waals surface area contributed by atoms with E-state index in [4.69, 9.17) is 0 Å². The predicted octanol–water partition coefficient (Wildman–Crippen LogP) is 4.24. The molecule has 0 unspecified atom stereocenters.